The average Bonchev–Trinajstić information content (AvgIpc) is 2.48. The number of aliphatic hydroxyl groups is 1. The van der Waals surface area contributed by atoms with Crippen molar-refractivity contribution in [2.45, 2.75) is 11.8 Å². The zero-order chi connectivity index (χ0) is 11.0. The molecule has 1 heterocycles. The molecule has 1 atom stereocenters. The van der Waals surface area contributed by atoms with Crippen LogP contribution in [0.25, 0.3) is 0 Å². The molecule has 3 N–H and O–H groups in total. The molecule has 14 heavy (non-hydrogen) atoms. The number of nitrogens with two attached hydrogens (primary N) is 1. The summed E-state index contributed by atoms with van der Waals surface area (Å²) >= 11 is 0. The molecule has 0 aromatic carbocycles. The van der Waals surface area contributed by atoms with E-state index in [4.69, 9.17) is 5.73 Å². The molecule has 0 bridgehead atoms. The Balaban J connectivity index is 3.14. The summed E-state index contributed by atoms with van der Waals surface area (Å²) in [5, 5.41) is 12.8. The standard InChI is InChI=1S/C7H10F3N3O/c1-13-3-2-5(12-13)6(14,4-11)7(8,9)10/h2-3,14H,4,11H2,1H3. The number of aryl methyl sites for hydroxylation is 1. The number of hydrogen-bond acceptors (Lipinski definition) is 3. The Morgan fingerprint density at radius 3 is 2.43 bits per heavy atom. The van der Waals surface area contributed by atoms with Crippen molar-refractivity contribution in [3.8, 4) is 0 Å². The van der Waals surface area contributed by atoms with Crippen molar-refractivity contribution in [1.82, 2.24) is 9.78 Å². The molecule has 0 aliphatic carbocycles. The molecular formula is C7H10F3N3O. The van der Waals surface area contributed by atoms with Gasteiger partial charge in [-0.05, 0) is 6.07 Å². The van der Waals surface area contributed by atoms with Gasteiger partial charge in [0.15, 0.2) is 0 Å². The van der Waals surface area contributed by atoms with E-state index in [2.05, 4.69) is 5.10 Å². The van der Waals surface area contributed by atoms with Crippen molar-refractivity contribution in [3.63, 3.8) is 0 Å². The number of rotatable bonds is 2. The topological polar surface area (TPSA) is 64.1 Å². The van der Waals surface area contributed by atoms with Crippen LogP contribution in [0.4, 0.5) is 13.2 Å². The van der Waals surface area contributed by atoms with Crippen LogP contribution >= 0.6 is 0 Å². The lowest BCUT2D eigenvalue weighted by Crippen LogP contribution is -2.48. The monoisotopic (exact) mass is 209 g/mol. The highest BCUT2D eigenvalue weighted by Crippen LogP contribution is 2.36. The number of alkyl halides is 3. The molecule has 0 saturated heterocycles. The van der Waals surface area contributed by atoms with Crippen molar-refractivity contribution in [1.29, 1.82) is 0 Å². The highest BCUT2D eigenvalue weighted by Gasteiger charge is 2.55. The molecule has 4 nitrogen and oxygen atoms in total. The number of nitrogens with zero attached hydrogens (tertiary/aromatic N) is 2. The number of aromatic nitrogens is 2. The van der Waals surface area contributed by atoms with Gasteiger partial charge in [-0.25, -0.2) is 0 Å². The van der Waals surface area contributed by atoms with Gasteiger partial charge in [0, 0.05) is 19.8 Å². The molecular weight excluding hydrogens is 199 g/mol. The van der Waals surface area contributed by atoms with Gasteiger partial charge in [0.05, 0.1) is 0 Å². The van der Waals surface area contributed by atoms with Crippen LogP contribution in [0.15, 0.2) is 12.3 Å². The van der Waals surface area contributed by atoms with Crippen LogP contribution in [0.1, 0.15) is 5.69 Å². The molecule has 1 aromatic rings. The summed E-state index contributed by atoms with van der Waals surface area (Å²) in [5.41, 5.74) is 1.36. The van der Waals surface area contributed by atoms with Crippen molar-refractivity contribution in [3.05, 3.63) is 18.0 Å². The molecule has 0 aliphatic heterocycles. The largest absolute Gasteiger partial charge is 0.424 e. The Bertz CT molecular complexity index is 322. The van der Waals surface area contributed by atoms with E-state index < -0.39 is 24.0 Å². The molecule has 0 amide bonds. The minimum atomic E-state index is -4.82. The average molecular weight is 209 g/mol. The van der Waals surface area contributed by atoms with Crippen LogP contribution in [-0.4, -0.2) is 27.6 Å². The summed E-state index contributed by atoms with van der Waals surface area (Å²) in [6.45, 7) is -0.951. The van der Waals surface area contributed by atoms with Gasteiger partial charge in [0.1, 0.15) is 5.69 Å². The summed E-state index contributed by atoms with van der Waals surface area (Å²) in [6.07, 6.45) is -3.52. The maximum Gasteiger partial charge on any atom is 0.424 e. The zero-order valence-corrected chi connectivity index (χ0v) is 7.41. The van der Waals surface area contributed by atoms with Gasteiger partial charge in [-0.2, -0.15) is 18.3 Å². The summed E-state index contributed by atoms with van der Waals surface area (Å²) in [5.74, 6) is 0. The van der Waals surface area contributed by atoms with Crippen molar-refractivity contribution in [2.24, 2.45) is 12.8 Å². The minimum absolute atomic E-state index is 0.491. The van der Waals surface area contributed by atoms with E-state index in [0.29, 0.717) is 0 Å². The number of hydrogen-bond donors (Lipinski definition) is 2. The Morgan fingerprint density at radius 2 is 2.14 bits per heavy atom. The van der Waals surface area contributed by atoms with E-state index in [9.17, 15) is 18.3 Å². The van der Waals surface area contributed by atoms with Crippen LogP contribution in [0.3, 0.4) is 0 Å². The van der Waals surface area contributed by atoms with E-state index in [-0.39, 0.29) is 0 Å². The SMILES string of the molecule is Cn1ccc(C(O)(CN)C(F)(F)F)n1. The van der Waals surface area contributed by atoms with Gasteiger partial charge in [-0.1, -0.05) is 0 Å². The molecule has 80 valence electrons. The molecule has 1 aromatic heterocycles. The maximum absolute atomic E-state index is 12.4. The second-order valence-electron chi connectivity index (χ2n) is 2.94. The first-order valence-corrected chi connectivity index (χ1v) is 3.80. The van der Waals surface area contributed by atoms with Gasteiger partial charge < -0.3 is 10.8 Å². The predicted molar refractivity (Wildman–Crippen MR) is 42.2 cm³/mol. The van der Waals surface area contributed by atoms with E-state index in [1.165, 1.54) is 17.9 Å². The highest BCUT2D eigenvalue weighted by atomic mass is 19.4. The van der Waals surface area contributed by atoms with Crippen LogP contribution in [0.2, 0.25) is 0 Å². The summed E-state index contributed by atoms with van der Waals surface area (Å²) in [7, 11) is 1.46. The highest BCUT2D eigenvalue weighted by molar-refractivity contribution is 5.14. The van der Waals surface area contributed by atoms with E-state index >= 15 is 0 Å². The van der Waals surface area contributed by atoms with Gasteiger partial charge in [0.2, 0.25) is 5.60 Å². The van der Waals surface area contributed by atoms with Gasteiger partial charge in [0.25, 0.3) is 0 Å². The third-order valence-corrected chi connectivity index (χ3v) is 1.90. The van der Waals surface area contributed by atoms with Crippen LogP contribution < -0.4 is 5.73 Å². The van der Waals surface area contributed by atoms with Crippen LogP contribution in [0, 0.1) is 0 Å². The Morgan fingerprint density at radius 1 is 1.57 bits per heavy atom. The third-order valence-electron chi connectivity index (χ3n) is 1.90. The van der Waals surface area contributed by atoms with Crippen LogP contribution in [-0.2, 0) is 12.6 Å². The summed E-state index contributed by atoms with van der Waals surface area (Å²) < 4.78 is 38.4. The first kappa shape index (κ1) is 11.0. The van der Waals surface area contributed by atoms with Crippen molar-refractivity contribution >= 4 is 0 Å². The van der Waals surface area contributed by atoms with E-state index in [1.807, 2.05) is 0 Å². The second kappa shape index (κ2) is 3.25. The smallest absolute Gasteiger partial charge is 0.374 e. The lowest BCUT2D eigenvalue weighted by Gasteiger charge is -2.26. The summed E-state index contributed by atoms with van der Waals surface area (Å²) in [6, 6.07) is 1.08. The molecule has 1 rings (SSSR count). The molecule has 7 heteroatoms. The molecule has 0 radical (unpaired) electrons. The van der Waals surface area contributed by atoms with Crippen molar-refractivity contribution in [2.75, 3.05) is 6.54 Å². The third kappa shape index (κ3) is 1.60. The van der Waals surface area contributed by atoms with Gasteiger partial charge in [-0.3, -0.25) is 4.68 Å². The number of halogens is 3. The van der Waals surface area contributed by atoms with Crippen LogP contribution in [0.5, 0.6) is 0 Å². The summed E-state index contributed by atoms with van der Waals surface area (Å²) in [4.78, 5) is 0. The van der Waals surface area contributed by atoms with E-state index in [1.54, 1.807) is 0 Å². The Kier molecular flexibility index (Phi) is 2.55. The fraction of sp³-hybridized carbons (Fsp3) is 0.571. The minimum Gasteiger partial charge on any atom is -0.374 e. The lowest BCUT2D eigenvalue weighted by atomic mass is 10.00. The quantitative estimate of drug-likeness (QED) is 0.727. The molecule has 1 unspecified atom stereocenters. The first-order valence-electron chi connectivity index (χ1n) is 3.80. The van der Waals surface area contributed by atoms with Crippen molar-refractivity contribution < 1.29 is 18.3 Å². The normalized spacial score (nSPS) is 16.7. The predicted octanol–water partition coefficient (Wildman–Crippen LogP) is 0.129. The maximum atomic E-state index is 12.4. The van der Waals surface area contributed by atoms with Gasteiger partial charge >= 0.3 is 6.18 Å². The first-order chi connectivity index (χ1) is 6.31. The second-order valence-corrected chi connectivity index (χ2v) is 2.94. The Labute approximate surface area is 78.1 Å². The van der Waals surface area contributed by atoms with E-state index in [0.717, 1.165) is 6.07 Å². The fourth-order valence-corrected chi connectivity index (χ4v) is 1.00. The lowest BCUT2D eigenvalue weighted by molar-refractivity contribution is -0.263. The zero-order valence-electron chi connectivity index (χ0n) is 7.41. The molecule has 0 spiro atoms. The Hall–Kier alpha value is -1.08. The molecule has 0 fully saturated rings. The fourth-order valence-electron chi connectivity index (χ4n) is 1.00. The molecule has 0 aliphatic rings. The van der Waals surface area contributed by atoms with Gasteiger partial charge in [-0.15, -0.1) is 0 Å². The molecule has 0 saturated carbocycles.